The number of halogens is 3. The summed E-state index contributed by atoms with van der Waals surface area (Å²) < 4.78 is 40.1. The van der Waals surface area contributed by atoms with Gasteiger partial charge in [-0.3, -0.25) is 14.4 Å². The third-order valence-electron chi connectivity index (χ3n) is 4.07. The minimum atomic E-state index is -4.64. The molecule has 0 saturated carbocycles. The van der Waals surface area contributed by atoms with E-state index in [0.29, 0.717) is 12.4 Å². The molecule has 1 unspecified atom stereocenters. The van der Waals surface area contributed by atoms with Crippen molar-refractivity contribution >= 4 is 11.7 Å². The molecule has 2 N–H and O–H groups in total. The summed E-state index contributed by atoms with van der Waals surface area (Å²) in [7, 11) is 1.69. The average Bonchev–Trinajstić information content (AvgIpc) is 2.60. The Balaban J connectivity index is 1.91. The molecule has 2 rings (SSSR count). The molecule has 1 aromatic rings. The first-order valence-electron chi connectivity index (χ1n) is 7.43. The predicted molar refractivity (Wildman–Crippen MR) is 77.9 cm³/mol. The number of alkyl halides is 3. The number of aryl methyl sites for hydroxylation is 2. The molecule has 1 aliphatic rings. The number of anilines is 1. The second-order valence-corrected chi connectivity index (χ2v) is 6.00. The van der Waals surface area contributed by atoms with E-state index in [4.69, 9.17) is 0 Å². The standard InChI is InChI=1S/C14H21F3N4O2/c1-10-8-11(20(2)19-10)18-12(22)9-21-6-3-4-13(23,5-7-21)14(15,16)17/h8,23H,3-7,9H2,1-2H3,(H,18,22). The molecule has 0 bridgehead atoms. The van der Waals surface area contributed by atoms with E-state index in [1.54, 1.807) is 24.9 Å². The summed E-state index contributed by atoms with van der Waals surface area (Å²) >= 11 is 0. The highest BCUT2D eigenvalue weighted by molar-refractivity contribution is 5.91. The molecule has 0 aromatic carbocycles. The topological polar surface area (TPSA) is 70.4 Å². The van der Waals surface area contributed by atoms with Gasteiger partial charge in [0.25, 0.3) is 0 Å². The van der Waals surface area contributed by atoms with Gasteiger partial charge in [-0.25, -0.2) is 0 Å². The van der Waals surface area contributed by atoms with Gasteiger partial charge >= 0.3 is 6.18 Å². The Morgan fingerprint density at radius 1 is 1.43 bits per heavy atom. The van der Waals surface area contributed by atoms with Crippen LogP contribution in [0.5, 0.6) is 0 Å². The maximum Gasteiger partial charge on any atom is 0.417 e. The van der Waals surface area contributed by atoms with Crippen LogP contribution in [-0.2, 0) is 11.8 Å². The molecule has 0 spiro atoms. The Hall–Kier alpha value is -1.61. The molecule has 1 atom stereocenters. The van der Waals surface area contributed by atoms with Gasteiger partial charge in [0.05, 0.1) is 12.2 Å². The number of carbonyl (C=O) groups excluding carboxylic acids is 1. The molecule has 9 heteroatoms. The number of hydrogen-bond donors (Lipinski definition) is 2. The molecule has 23 heavy (non-hydrogen) atoms. The van der Waals surface area contributed by atoms with E-state index in [-0.39, 0.29) is 31.8 Å². The molecule has 2 heterocycles. The van der Waals surface area contributed by atoms with Gasteiger partial charge < -0.3 is 10.4 Å². The van der Waals surface area contributed by atoms with Gasteiger partial charge in [-0.2, -0.15) is 18.3 Å². The van der Waals surface area contributed by atoms with Crippen LogP contribution in [0.3, 0.4) is 0 Å². The van der Waals surface area contributed by atoms with Crippen molar-refractivity contribution in [2.24, 2.45) is 7.05 Å². The Labute approximate surface area is 132 Å². The van der Waals surface area contributed by atoms with Gasteiger partial charge in [-0.15, -0.1) is 0 Å². The number of carbonyl (C=O) groups is 1. The Morgan fingerprint density at radius 2 is 2.13 bits per heavy atom. The molecule has 6 nitrogen and oxygen atoms in total. The number of amides is 1. The van der Waals surface area contributed by atoms with E-state index in [2.05, 4.69) is 10.4 Å². The van der Waals surface area contributed by atoms with Crippen molar-refractivity contribution in [3.63, 3.8) is 0 Å². The highest BCUT2D eigenvalue weighted by Gasteiger charge is 2.53. The number of rotatable bonds is 3. The molecule has 1 fully saturated rings. The van der Waals surface area contributed by atoms with Crippen molar-refractivity contribution in [2.75, 3.05) is 25.0 Å². The molecule has 0 radical (unpaired) electrons. The Kier molecular flexibility index (Phi) is 5.00. The van der Waals surface area contributed by atoms with E-state index in [0.717, 1.165) is 5.69 Å². The molecule has 1 saturated heterocycles. The van der Waals surface area contributed by atoms with E-state index in [9.17, 15) is 23.1 Å². The van der Waals surface area contributed by atoms with Crippen molar-refractivity contribution in [1.82, 2.24) is 14.7 Å². The lowest BCUT2D eigenvalue weighted by molar-refractivity contribution is -0.263. The zero-order valence-corrected chi connectivity index (χ0v) is 13.2. The zero-order chi connectivity index (χ0) is 17.3. The van der Waals surface area contributed by atoms with Crippen LogP contribution in [-0.4, -0.2) is 57.1 Å². The average molecular weight is 334 g/mol. The predicted octanol–water partition coefficient (Wildman–Crippen LogP) is 1.45. The maximum atomic E-state index is 12.9. The van der Waals surface area contributed by atoms with Crippen molar-refractivity contribution in [3.05, 3.63) is 11.8 Å². The largest absolute Gasteiger partial charge is 0.417 e. The summed E-state index contributed by atoms with van der Waals surface area (Å²) in [4.78, 5) is 13.7. The molecule has 130 valence electrons. The fraction of sp³-hybridized carbons (Fsp3) is 0.714. The van der Waals surface area contributed by atoms with Gasteiger partial charge in [0.15, 0.2) is 5.60 Å². The highest BCUT2D eigenvalue weighted by Crippen LogP contribution is 2.38. The minimum Gasteiger partial charge on any atom is -0.380 e. The van der Waals surface area contributed by atoms with Gasteiger partial charge in [0, 0.05) is 19.7 Å². The van der Waals surface area contributed by atoms with Crippen LogP contribution in [0.25, 0.3) is 0 Å². The molecule has 1 aliphatic heterocycles. The molecular weight excluding hydrogens is 313 g/mol. The lowest BCUT2D eigenvalue weighted by atomic mass is 9.94. The lowest BCUT2D eigenvalue weighted by Gasteiger charge is -2.29. The number of hydrogen-bond acceptors (Lipinski definition) is 4. The second kappa shape index (κ2) is 6.48. The Morgan fingerprint density at radius 3 is 2.70 bits per heavy atom. The monoisotopic (exact) mass is 334 g/mol. The smallest absolute Gasteiger partial charge is 0.380 e. The van der Waals surface area contributed by atoms with Crippen molar-refractivity contribution in [2.45, 2.75) is 38.0 Å². The third-order valence-corrected chi connectivity index (χ3v) is 4.07. The van der Waals surface area contributed by atoms with E-state index in [1.165, 1.54) is 4.68 Å². The van der Waals surface area contributed by atoms with Gasteiger partial charge in [-0.1, -0.05) is 0 Å². The summed E-state index contributed by atoms with van der Waals surface area (Å²) in [5.41, 5.74) is -1.90. The maximum absolute atomic E-state index is 12.9. The number of likely N-dealkylation sites (tertiary alicyclic amines) is 1. The first-order chi connectivity index (χ1) is 10.6. The number of aromatic nitrogens is 2. The highest BCUT2D eigenvalue weighted by atomic mass is 19.4. The van der Waals surface area contributed by atoms with Crippen molar-refractivity contribution in [1.29, 1.82) is 0 Å². The normalized spacial score (nSPS) is 23.6. The summed E-state index contributed by atoms with van der Waals surface area (Å²) in [6.45, 7) is 2.14. The van der Waals surface area contributed by atoms with E-state index >= 15 is 0 Å². The fourth-order valence-corrected chi connectivity index (χ4v) is 2.73. The molecule has 0 aliphatic carbocycles. The summed E-state index contributed by atoms with van der Waals surface area (Å²) in [5, 5.41) is 16.5. The number of nitrogens with zero attached hydrogens (tertiary/aromatic N) is 3. The van der Waals surface area contributed by atoms with Crippen molar-refractivity contribution < 1.29 is 23.1 Å². The quantitative estimate of drug-likeness (QED) is 0.878. The summed E-state index contributed by atoms with van der Waals surface area (Å²) in [6, 6.07) is 1.71. The lowest BCUT2D eigenvalue weighted by Crippen LogP contribution is -2.46. The van der Waals surface area contributed by atoms with Gasteiger partial charge in [0.2, 0.25) is 5.91 Å². The minimum absolute atomic E-state index is 0.0157. The summed E-state index contributed by atoms with van der Waals surface area (Å²) in [5.74, 6) is 0.222. The molecule has 1 aromatic heterocycles. The van der Waals surface area contributed by atoms with Crippen LogP contribution < -0.4 is 5.32 Å². The van der Waals surface area contributed by atoms with Gasteiger partial charge in [-0.05, 0) is 32.7 Å². The zero-order valence-electron chi connectivity index (χ0n) is 13.2. The first kappa shape index (κ1) is 17.7. The van der Waals surface area contributed by atoms with Crippen LogP contribution in [0.15, 0.2) is 6.07 Å². The molecular formula is C14H21F3N4O2. The summed E-state index contributed by atoms with van der Waals surface area (Å²) in [6.07, 6.45) is -5.21. The Bertz CT molecular complexity index is 573. The van der Waals surface area contributed by atoms with E-state index < -0.39 is 18.2 Å². The first-order valence-corrected chi connectivity index (χ1v) is 7.43. The number of aliphatic hydroxyl groups is 1. The SMILES string of the molecule is Cc1cc(NC(=O)CN2CCCC(O)(C(F)(F)F)CC2)n(C)n1. The van der Waals surface area contributed by atoms with E-state index in [1.807, 2.05) is 0 Å². The van der Waals surface area contributed by atoms with Crippen molar-refractivity contribution in [3.8, 4) is 0 Å². The van der Waals surface area contributed by atoms with Crippen LogP contribution in [0.2, 0.25) is 0 Å². The third kappa shape index (κ3) is 4.23. The van der Waals surface area contributed by atoms with Crippen LogP contribution >= 0.6 is 0 Å². The van der Waals surface area contributed by atoms with Crippen LogP contribution in [0.1, 0.15) is 25.0 Å². The number of nitrogens with one attached hydrogen (secondary N) is 1. The fourth-order valence-electron chi connectivity index (χ4n) is 2.73. The second-order valence-electron chi connectivity index (χ2n) is 6.00. The van der Waals surface area contributed by atoms with Gasteiger partial charge in [0.1, 0.15) is 5.82 Å². The van der Waals surface area contributed by atoms with Crippen LogP contribution in [0.4, 0.5) is 19.0 Å². The van der Waals surface area contributed by atoms with Crippen LogP contribution in [0, 0.1) is 6.92 Å². The molecule has 1 amide bonds.